The van der Waals surface area contributed by atoms with Crippen LogP contribution in [0.1, 0.15) is 40.0 Å². The second-order valence-corrected chi connectivity index (χ2v) is 4.58. The lowest BCUT2D eigenvalue weighted by Gasteiger charge is -2.27. The second kappa shape index (κ2) is 6.69. The number of rotatable bonds is 6. The van der Waals surface area contributed by atoms with Gasteiger partial charge < -0.3 is 4.90 Å². The molecule has 0 spiro atoms. The van der Waals surface area contributed by atoms with Crippen molar-refractivity contribution < 1.29 is 0 Å². The zero-order valence-electron chi connectivity index (χ0n) is 10.3. The van der Waals surface area contributed by atoms with Gasteiger partial charge in [0.1, 0.15) is 11.0 Å². The Bertz CT molecular complexity index is 315. The quantitative estimate of drug-likeness (QED) is 0.714. The smallest absolute Gasteiger partial charge is 0.149 e. The largest absolute Gasteiger partial charge is 0.353 e. The van der Waals surface area contributed by atoms with Crippen LogP contribution in [0.2, 0.25) is 5.15 Å². The molecule has 0 saturated carbocycles. The van der Waals surface area contributed by atoms with Gasteiger partial charge >= 0.3 is 0 Å². The van der Waals surface area contributed by atoms with Gasteiger partial charge in [-0.3, -0.25) is 4.98 Å². The zero-order valence-corrected chi connectivity index (χ0v) is 11.0. The molecule has 1 aromatic rings. The van der Waals surface area contributed by atoms with Gasteiger partial charge in [0.15, 0.2) is 0 Å². The first-order valence-corrected chi connectivity index (χ1v) is 6.27. The van der Waals surface area contributed by atoms with Gasteiger partial charge in [0.2, 0.25) is 0 Å². The number of nitrogens with zero attached hydrogens (tertiary/aromatic N) is 3. The lowest BCUT2D eigenvalue weighted by atomic mass is 10.2. The van der Waals surface area contributed by atoms with E-state index in [1.54, 1.807) is 12.4 Å². The van der Waals surface area contributed by atoms with E-state index in [0.29, 0.717) is 11.2 Å². The van der Waals surface area contributed by atoms with Crippen LogP contribution < -0.4 is 4.90 Å². The molecule has 0 atom stereocenters. The van der Waals surface area contributed by atoms with Crippen LogP contribution in [0.3, 0.4) is 0 Å². The second-order valence-electron chi connectivity index (χ2n) is 4.19. The molecule has 0 aliphatic rings. The van der Waals surface area contributed by atoms with Crippen molar-refractivity contribution in [2.45, 2.75) is 46.1 Å². The first kappa shape index (κ1) is 13.2. The lowest BCUT2D eigenvalue weighted by molar-refractivity contribution is 0.619. The Morgan fingerprint density at radius 1 is 1.31 bits per heavy atom. The third kappa shape index (κ3) is 3.97. The maximum atomic E-state index is 5.85. The highest BCUT2D eigenvalue weighted by molar-refractivity contribution is 6.29. The third-order valence-electron chi connectivity index (χ3n) is 2.51. The molecule has 0 fully saturated rings. The summed E-state index contributed by atoms with van der Waals surface area (Å²) in [5.74, 6) is 0.874. The van der Waals surface area contributed by atoms with E-state index >= 15 is 0 Å². The van der Waals surface area contributed by atoms with Crippen molar-refractivity contribution in [2.75, 3.05) is 11.4 Å². The van der Waals surface area contributed by atoms with E-state index in [9.17, 15) is 0 Å². The van der Waals surface area contributed by atoms with Crippen molar-refractivity contribution >= 4 is 17.4 Å². The highest BCUT2D eigenvalue weighted by Crippen LogP contribution is 2.16. The van der Waals surface area contributed by atoms with Crippen LogP contribution in [-0.2, 0) is 0 Å². The van der Waals surface area contributed by atoms with Crippen molar-refractivity contribution in [3.05, 3.63) is 17.5 Å². The average molecular weight is 242 g/mol. The molecule has 0 bridgehead atoms. The number of hydrogen-bond donors (Lipinski definition) is 0. The predicted octanol–water partition coefficient (Wildman–Crippen LogP) is 3.54. The van der Waals surface area contributed by atoms with Gasteiger partial charge in [0, 0.05) is 12.6 Å². The summed E-state index contributed by atoms with van der Waals surface area (Å²) in [6, 6.07) is 0.421. The molecule has 1 heterocycles. The van der Waals surface area contributed by atoms with E-state index in [-0.39, 0.29) is 0 Å². The van der Waals surface area contributed by atoms with Gasteiger partial charge in [0.05, 0.1) is 12.4 Å². The van der Waals surface area contributed by atoms with E-state index in [1.165, 1.54) is 19.3 Å². The molecule has 0 amide bonds. The summed E-state index contributed by atoms with van der Waals surface area (Å²) in [5, 5.41) is 0.457. The summed E-state index contributed by atoms with van der Waals surface area (Å²) >= 11 is 5.85. The highest BCUT2D eigenvalue weighted by Gasteiger charge is 2.11. The van der Waals surface area contributed by atoms with Crippen LogP contribution >= 0.6 is 11.6 Å². The highest BCUT2D eigenvalue weighted by atomic mass is 35.5. The number of hydrogen-bond acceptors (Lipinski definition) is 3. The van der Waals surface area contributed by atoms with Gasteiger partial charge in [-0.1, -0.05) is 31.4 Å². The van der Waals surface area contributed by atoms with Gasteiger partial charge in [-0.05, 0) is 20.3 Å². The average Bonchev–Trinajstić information content (AvgIpc) is 2.24. The minimum atomic E-state index is 0.421. The Labute approximate surface area is 103 Å². The van der Waals surface area contributed by atoms with Gasteiger partial charge in [-0.2, -0.15) is 0 Å². The van der Waals surface area contributed by atoms with E-state index < -0.39 is 0 Å². The molecule has 16 heavy (non-hydrogen) atoms. The Balaban J connectivity index is 2.69. The molecule has 3 nitrogen and oxygen atoms in total. The van der Waals surface area contributed by atoms with Crippen LogP contribution in [0.4, 0.5) is 5.82 Å². The number of unbranched alkanes of at least 4 members (excludes halogenated alkanes) is 2. The number of anilines is 1. The Morgan fingerprint density at radius 2 is 2.06 bits per heavy atom. The Kier molecular flexibility index (Phi) is 5.53. The standard InChI is InChI=1S/C12H20ClN3/c1-4-5-6-7-16(10(2)3)12-9-14-8-11(13)15-12/h8-10H,4-7H2,1-3H3. The summed E-state index contributed by atoms with van der Waals surface area (Å²) in [4.78, 5) is 10.6. The van der Waals surface area contributed by atoms with E-state index in [0.717, 1.165) is 12.4 Å². The van der Waals surface area contributed by atoms with E-state index in [2.05, 4.69) is 35.6 Å². The normalized spacial score (nSPS) is 10.8. The van der Waals surface area contributed by atoms with Gasteiger partial charge in [-0.25, -0.2) is 4.98 Å². The molecule has 0 aliphatic heterocycles. The van der Waals surface area contributed by atoms with E-state index in [4.69, 9.17) is 11.6 Å². The monoisotopic (exact) mass is 241 g/mol. The predicted molar refractivity (Wildman–Crippen MR) is 69.0 cm³/mol. The van der Waals surface area contributed by atoms with Crippen molar-refractivity contribution in [3.8, 4) is 0 Å². The molecule has 90 valence electrons. The van der Waals surface area contributed by atoms with Crippen LogP contribution in [0.5, 0.6) is 0 Å². The fraction of sp³-hybridized carbons (Fsp3) is 0.667. The Hall–Kier alpha value is -0.830. The molecule has 0 aliphatic carbocycles. The molecule has 0 N–H and O–H groups in total. The molecule has 0 unspecified atom stereocenters. The maximum Gasteiger partial charge on any atom is 0.149 e. The third-order valence-corrected chi connectivity index (χ3v) is 2.69. The summed E-state index contributed by atoms with van der Waals surface area (Å²) in [6.07, 6.45) is 7.00. The maximum absolute atomic E-state index is 5.85. The minimum Gasteiger partial charge on any atom is -0.353 e. The first-order valence-electron chi connectivity index (χ1n) is 5.89. The summed E-state index contributed by atoms with van der Waals surface area (Å²) in [7, 11) is 0. The molecule has 0 saturated heterocycles. The van der Waals surface area contributed by atoms with Crippen LogP contribution in [-0.4, -0.2) is 22.6 Å². The van der Waals surface area contributed by atoms with Crippen LogP contribution in [0.25, 0.3) is 0 Å². The molecule has 1 rings (SSSR count). The van der Waals surface area contributed by atoms with Crippen molar-refractivity contribution in [1.82, 2.24) is 9.97 Å². The van der Waals surface area contributed by atoms with Crippen molar-refractivity contribution in [3.63, 3.8) is 0 Å². The summed E-state index contributed by atoms with van der Waals surface area (Å²) in [5.41, 5.74) is 0. The SMILES string of the molecule is CCCCCN(c1cncc(Cl)n1)C(C)C. The zero-order chi connectivity index (χ0) is 12.0. The summed E-state index contributed by atoms with van der Waals surface area (Å²) in [6.45, 7) is 7.54. The lowest BCUT2D eigenvalue weighted by Crippen LogP contribution is -2.32. The number of halogens is 1. The fourth-order valence-electron chi connectivity index (χ4n) is 1.64. The van der Waals surface area contributed by atoms with Gasteiger partial charge in [-0.15, -0.1) is 0 Å². The molecule has 0 aromatic carbocycles. The molecule has 0 radical (unpaired) electrons. The van der Waals surface area contributed by atoms with Crippen molar-refractivity contribution in [1.29, 1.82) is 0 Å². The molecular weight excluding hydrogens is 222 g/mol. The molecular formula is C12H20ClN3. The van der Waals surface area contributed by atoms with Crippen LogP contribution in [0.15, 0.2) is 12.4 Å². The molecule has 4 heteroatoms. The fourth-order valence-corrected chi connectivity index (χ4v) is 1.78. The molecule has 1 aromatic heterocycles. The number of aromatic nitrogens is 2. The van der Waals surface area contributed by atoms with E-state index in [1.807, 2.05) is 0 Å². The van der Waals surface area contributed by atoms with Crippen molar-refractivity contribution in [2.24, 2.45) is 0 Å². The Morgan fingerprint density at radius 3 is 2.62 bits per heavy atom. The first-order chi connectivity index (χ1) is 7.65. The topological polar surface area (TPSA) is 29.0 Å². The van der Waals surface area contributed by atoms with Crippen LogP contribution in [0, 0.1) is 0 Å². The van der Waals surface area contributed by atoms with Gasteiger partial charge in [0.25, 0.3) is 0 Å². The minimum absolute atomic E-state index is 0.421. The summed E-state index contributed by atoms with van der Waals surface area (Å²) < 4.78 is 0.